The lowest BCUT2D eigenvalue weighted by Crippen LogP contribution is -2.31. The largest absolute Gasteiger partial charge is 0.481 e. The molecule has 1 N–H and O–H groups in total. The van der Waals surface area contributed by atoms with Gasteiger partial charge in [0.15, 0.2) is 0 Å². The van der Waals surface area contributed by atoms with Crippen molar-refractivity contribution in [1.82, 2.24) is 0 Å². The standard InChI is InChI=1S/C11H20O4/c1-8(2)5-10(3)7-11(4,15-14-10)6-9(12)13/h8H,5-7H2,1-4H3,(H,12,13)/t10-,11+/m1/s1. The molecule has 0 amide bonds. The van der Waals surface area contributed by atoms with Crippen LogP contribution in [0.2, 0.25) is 0 Å². The Morgan fingerprint density at radius 1 is 1.33 bits per heavy atom. The number of carboxylic acids is 1. The molecule has 0 radical (unpaired) electrons. The Labute approximate surface area is 90.5 Å². The summed E-state index contributed by atoms with van der Waals surface area (Å²) in [5.74, 6) is -0.347. The number of carbonyl (C=O) groups is 1. The van der Waals surface area contributed by atoms with E-state index in [2.05, 4.69) is 13.8 Å². The quantitative estimate of drug-likeness (QED) is 0.733. The molecule has 1 aliphatic rings. The topological polar surface area (TPSA) is 55.8 Å². The Kier molecular flexibility index (Phi) is 3.41. The number of carboxylic acid groups (broad SMARTS) is 1. The first-order valence-corrected chi connectivity index (χ1v) is 5.33. The zero-order valence-corrected chi connectivity index (χ0v) is 9.87. The van der Waals surface area contributed by atoms with Crippen LogP contribution < -0.4 is 0 Å². The van der Waals surface area contributed by atoms with Gasteiger partial charge in [-0.2, -0.15) is 0 Å². The molecule has 0 aromatic heterocycles. The fraction of sp³-hybridized carbons (Fsp3) is 0.909. The van der Waals surface area contributed by atoms with Gasteiger partial charge in [0.2, 0.25) is 0 Å². The van der Waals surface area contributed by atoms with Crippen LogP contribution in [0.5, 0.6) is 0 Å². The Morgan fingerprint density at radius 3 is 2.33 bits per heavy atom. The molecule has 0 aromatic carbocycles. The van der Waals surface area contributed by atoms with Crippen LogP contribution in [-0.4, -0.2) is 22.3 Å². The van der Waals surface area contributed by atoms with E-state index in [4.69, 9.17) is 14.9 Å². The van der Waals surface area contributed by atoms with Crippen LogP contribution in [0.4, 0.5) is 0 Å². The molecule has 0 aliphatic carbocycles. The summed E-state index contributed by atoms with van der Waals surface area (Å²) in [6, 6.07) is 0. The van der Waals surface area contributed by atoms with Gasteiger partial charge < -0.3 is 5.11 Å². The van der Waals surface area contributed by atoms with Crippen LogP contribution in [0, 0.1) is 5.92 Å². The maximum absolute atomic E-state index is 10.7. The summed E-state index contributed by atoms with van der Waals surface area (Å²) >= 11 is 0. The van der Waals surface area contributed by atoms with E-state index in [1.54, 1.807) is 6.92 Å². The molecule has 1 rings (SSSR count). The van der Waals surface area contributed by atoms with Crippen LogP contribution in [-0.2, 0) is 14.6 Å². The van der Waals surface area contributed by atoms with Gasteiger partial charge in [0, 0.05) is 6.42 Å². The summed E-state index contributed by atoms with van der Waals surface area (Å²) in [5.41, 5.74) is -1.03. The molecular formula is C11H20O4. The van der Waals surface area contributed by atoms with Crippen LogP contribution in [0.3, 0.4) is 0 Å². The van der Waals surface area contributed by atoms with Gasteiger partial charge in [0.05, 0.1) is 6.42 Å². The maximum Gasteiger partial charge on any atom is 0.306 e. The molecule has 0 saturated carbocycles. The van der Waals surface area contributed by atoms with Crippen LogP contribution >= 0.6 is 0 Å². The highest BCUT2D eigenvalue weighted by molar-refractivity contribution is 5.68. The van der Waals surface area contributed by atoms with Gasteiger partial charge in [-0.15, -0.1) is 0 Å². The van der Waals surface area contributed by atoms with E-state index in [1.165, 1.54) is 0 Å². The van der Waals surface area contributed by atoms with E-state index in [9.17, 15) is 4.79 Å². The minimum absolute atomic E-state index is 0.0132. The third-order valence-corrected chi connectivity index (χ3v) is 2.56. The summed E-state index contributed by atoms with van der Waals surface area (Å²) in [6.45, 7) is 7.98. The smallest absolute Gasteiger partial charge is 0.306 e. The molecule has 1 saturated heterocycles. The monoisotopic (exact) mass is 216 g/mol. The molecule has 0 bridgehead atoms. The molecule has 2 atom stereocenters. The summed E-state index contributed by atoms with van der Waals surface area (Å²) in [7, 11) is 0. The number of hydrogen-bond donors (Lipinski definition) is 1. The van der Waals surface area contributed by atoms with Crippen LogP contribution in [0.1, 0.15) is 47.0 Å². The minimum Gasteiger partial charge on any atom is -0.481 e. The van der Waals surface area contributed by atoms with Crippen molar-refractivity contribution in [3.8, 4) is 0 Å². The molecule has 1 fully saturated rings. The Morgan fingerprint density at radius 2 is 1.87 bits per heavy atom. The van der Waals surface area contributed by atoms with E-state index in [-0.39, 0.29) is 12.0 Å². The first kappa shape index (κ1) is 12.5. The lowest BCUT2D eigenvalue weighted by Gasteiger charge is -2.23. The molecule has 1 aliphatic heterocycles. The SMILES string of the molecule is CC(C)C[C@]1(C)C[C@](C)(CC(=O)O)OO1. The van der Waals surface area contributed by atoms with Crippen molar-refractivity contribution in [3.63, 3.8) is 0 Å². The first-order chi connectivity index (χ1) is 6.75. The van der Waals surface area contributed by atoms with Crippen molar-refractivity contribution < 1.29 is 19.7 Å². The zero-order valence-electron chi connectivity index (χ0n) is 9.87. The van der Waals surface area contributed by atoms with Crippen molar-refractivity contribution >= 4 is 5.97 Å². The zero-order chi connectivity index (χ0) is 11.7. The van der Waals surface area contributed by atoms with Gasteiger partial charge in [0.25, 0.3) is 0 Å². The highest BCUT2D eigenvalue weighted by atomic mass is 17.2. The van der Waals surface area contributed by atoms with Crippen molar-refractivity contribution in [1.29, 1.82) is 0 Å². The summed E-state index contributed by atoms with van der Waals surface area (Å²) in [6.07, 6.45) is 1.49. The van der Waals surface area contributed by atoms with Gasteiger partial charge in [-0.05, 0) is 26.2 Å². The highest BCUT2D eigenvalue weighted by Gasteiger charge is 2.47. The second-order valence-electron chi connectivity index (χ2n) is 5.41. The fourth-order valence-corrected chi connectivity index (χ4v) is 2.43. The normalized spacial score (nSPS) is 36.1. The molecule has 4 heteroatoms. The Hall–Kier alpha value is -0.610. The van der Waals surface area contributed by atoms with Crippen molar-refractivity contribution in [3.05, 3.63) is 0 Å². The van der Waals surface area contributed by atoms with E-state index in [1.807, 2.05) is 6.92 Å². The minimum atomic E-state index is -0.852. The van der Waals surface area contributed by atoms with E-state index in [0.717, 1.165) is 6.42 Å². The Balaban J connectivity index is 2.60. The maximum atomic E-state index is 10.7. The number of hydrogen-bond acceptors (Lipinski definition) is 3. The van der Waals surface area contributed by atoms with Crippen molar-refractivity contribution in [2.45, 2.75) is 58.2 Å². The molecular weight excluding hydrogens is 196 g/mol. The predicted molar refractivity (Wildman–Crippen MR) is 55.3 cm³/mol. The van der Waals surface area contributed by atoms with E-state index >= 15 is 0 Å². The highest BCUT2D eigenvalue weighted by Crippen LogP contribution is 2.41. The summed E-state index contributed by atoms with van der Waals surface area (Å²) in [4.78, 5) is 21.1. The molecule has 4 nitrogen and oxygen atoms in total. The molecule has 1 heterocycles. The predicted octanol–water partition coefficient (Wildman–Crippen LogP) is 2.38. The number of rotatable bonds is 4. The van der Waals surface area contributed by atoms with Gasteiger partial charge in [0.1, 0.15) is 11.2 Å². The van der Waals surface area contributed by atoms with Gasteiger partial charge in [-0.3, -0.25) is 4.79 Å². The summed E-state index contributed by atoms with van der Waals surface area (Å²) in [5, 5.41) is 8.76. The van der Waals surface area contributed by atoms with Crippen LogP contribution in [0.25, 0.3) is 0 Å². The molecule has 0 aromatic rings. The average Bonchev–Trinajstić information content (AvgIpc) is 2.22. The lowest BCUT2D eigenvalue weighted by molar-refractivity contribution is -0.346. The van der Waals surface area contributed by atoms with Crippen molar-refractivity contribution in [2.75, 3.05) is 0 Å². The third kappa shape index (κ3) is 3.47. The summed E-state index contributed by atoms with van der Waals surface area (Å²) < 4.78 is 0. The average molecular weight is 216 g/mol. The lowest BCUT2D eigenvalue weighted by atomic mass is 9.83. The third-order valence-electron chi connectivity index (χ3n) is 2.56. The number of aliphatic carboxylic acids is 1. The Bertz CT molecular complexity index is 251. The molecule has 0 spiro atoms. The van der Waals surface area contributed by atoms with Gasteiger partial charge >= 0.3 is 5.97 Å². The molecule has 0 unspecified atom stereocenters. The molecule has 15 heavy (non-hydrogen) atoms. The second kappa shape index (κ2) is 4.10. The van der Waals surface area contributed by atoms with E-state index in [0.29, 0.717) is 12.3 Å². The van der Waals surface area contributed by atoms with Gasteiger partial charge in [-0.25, -0.2) is 9.78 Å². The second-order valence-corrected chi connectivity index (χ2v) is 5.41. The first-order valence-electron chi connectivity index (χ1n) is 5.33. The van der Waals surface area contributed by atoms with Crippen molar-refractivity contribution in [2.24, 2.45) is 5.92 Å². The molecule has 88 valence electrons. The fourth-order valence-electron chi connectivity index (χ4n) is 2.43. The van der Waals surface area contributed by atoms with E-state index < -0.39 is 11.6 Å². The van der Waals surface area contributed by atoms with Gasteiger partial charge in [-0.1, -0.05) is 13.8 Å². The van der Waals surface area contributed by atoms with Crippen LogP contribution in [0.15, 0.2) is 0 Å².